The SMILES string of the molecule is Cc1cc(F)cc(C2(Br)Cc3c(F)cccc3C2=O)c1. The van der Waals surface area contributed by atoms with Crippen molar-refractivity contribution in [1.29, 1.82) is 0 Å². The van der Waals surface area contributed by atoms with Crippen LogP contribution in [0.2, 0.25) is 0 Å². The molecule has 1 atom stereocenters. The Hall–Kier alpha value is -1.55. The molecule has 1 nitrogen and oxygen atoms in total. The van der Waals surface area contributed by atoms with E-state index < -0.39 is 16.0 Å². The maximum Gasteiger partial charge on any atom is 0.184 e. The van der Waals surface area contributed by atoms with E-state index in [2.05, 4.69) is 15.9 Å². The minimum Gasteiger partial charge on any atom is -0.292 e. The third-order valence-electron chi connectivity index (χ3n) is 3.64. The first-order valence-corrected chi connectivity index (χ1v) is 7.00. The molecule has 3 rings (SSSR count). The lowest BCUT2D eigenvalue weighted by Gasteiger charge is -2.21. The highest BCUT2D eigenvalue weighted by atomic mass is 79.9. The van der Waals surface area contributed by atoms with Crippen LogP contribution in [-0.2, 0) is 10.7 Å². The molecule has 0 aromatic heterocycles. The van der Waals surface area contributed by atoms with E-state index in [0.717, 1.165) is 5.56 Å². The van der Waals surface area contributed by atoms with Crippen LogP contribution in [0.5, 0.6) is 0 Å². The molecular weight excluding hydrogens is 326 g/mol. The van der Waals surface area contributed by atoms with Gasteiger partial charge in [-0.2, -0.15) is 0 Å². The van der Waals surface area contributed by atoms with Crippen LogP contribution in [-0.4, -0.2) is 5.78 Å². The average Bonchev–Trinajstić information content (AvgIpc) is 2.64. The predicted molar refractivity (Wildman–Crippen MR) is 76.2 cm³/mol. The Morgan fingerprint density at radius 1 is 1.20 bits per heavy atom. The van der Waals surface area contributed by atoms with Gasteiger partial charge in [0.2, 0.25) is 0 Å². The summed E-state index contributed by atoms with van der Waals surface area (Å²) in [4.78, 5) is 12.6. The number of ketones is 1. The first-order valence-electron chi connectivity index (χ1n) is 6.20. The molecule has 2 aromatic carbocycles. The molecule has 0 saturated carbocycles. The largest absolute Gasteiger partial charge is 0.292 e. The van der Waals surface area contributed by atoms with Crippen molar-refractivity contribution in [1.82, 2.24) is 0 Å². The molecule has 0 bridgehead atoms. The predicted octanol–water partition coefficient (Wildman–Crippen LogP) is 4.30. The van der Waals surface area contributed by atoms with Crippen LogP contribution >= 0.6 is 15.9 Å². The Bertz CT molecular complexity index is 706. The van der Waals surface area contributed by atoms with Gasteiger partial charge in [-0.3, -0.25) is 4.79 Å². The maximum atomic E-state index is 13.8. The van der Waals surface area contributed by atoms with Crippen LogP contribution in [0.4, 0.5) is 8.78 Å². The zero-order chi connectivity index (χ0) is 14.5. The number of carbonyl (C=O) groups excluding carboxylic acids is 1. The highest BCUT2D eigenvalue weighted by molar-refractivity contribution is 9.10. The van der Waals surface area contributed by atoms with Crippen molar-refractivity contribution in [3.8, 4) is 0 Å². The summed E-state index contributed by atoms with van der Waals surface area (Å²) in [6, 6.07) is 8.93. The number of rotatable bonds is 1. The Morgan fingerprint density at radius 2 is 1.95 bits per heavy atom. The van der Waals surface area contributed by atoms with E-state index in [4.69, 9.17) is 0 Å². The van der Waals surface area contributed by atoms with Gasteiger partial charge in [-0.05, 0) is 36.2 Å². The van der Waals surface area contributed by atoms with Gasteiger partial charge in [-0.1, -0.05) is 34.1 Å². The number of benzene rings is 2. The summed E-state index contributed by atoms with van der Waals surface area (Å²) in [7, 11) is 0. The van der Waals surface area contributed by atoms with E-state index in [-0.39, 0.29) is 12.2 Å². The number of alkyl halides is 1. The third-order valence-corrected chi connectivity index (χ3v) is 4.74. The number of halogens is 3. The zero-order valence-electron chi connectivity index (χ0n) is 10.7. The summed E-state index contributed by atoms with van der Waals surface area (Å²) in [5, 5.41) is 0. The Kier molecular flexibility index (Phi) is 3.01. The van der Waals surface area contributed by atoms with Crippen LogP contribution in [0, 0.1) is 18.6 Å². The van der Waals surface area contributed by atoms with E-state index >= 15 is 0 Å². The molecule has 0 radical (unpaired) electrons. The van der Waals surface area contributed by atoms with Crippen LogP contribution in [0.1, 0.15) is 27.0 Å². The first-order chi connectivity index (χ1) is 9.41. The van der Waals surface area contributed by atoms with Crippen molar-refractivity contribution in [2.75, 3.05) is 0 Å². The summed E-state index contributed by atoms with van der Waals surface area (Å²) in [6.45, 7) is 1.76. The van der Waals surface area contributed by atoms with Gasteiger partial charge in [0, 0.05) is 17.5 Å². The van der Waals surface area contributed by atoms with Gasteiger partial charge in [0.15, 0.2) is 5.78 Å². The summed E-state index contributed by atoms with van der Waals surface area (Å²) < 4.78 is 26.3. The average molecular weight is 337 g/mol. The number of carbonyl (C=O) groups is 1. The molecule has 2 aromatic rings. The molecule has 0 heterocycles. The van der Waals surface area contributed by atoms with Gasteiger partial charge in [0.05, 0.1) is 0 Å². The van der Waals surface area contributed by atoms with E-state index in [9.17, 15) is 13.6 Å². The molecule has 0 saturated heterocycles. The number of Topliss-reactive ketones (excluding diaryl/α,β-unsaturated/α-hetero) is 1. The van der Waals surface area contributed by atoms with E-state index in [1.54, 1.807) is 19.1 Å². The normalized spacial score (nSPS) is 21.1. The van der Waals surface area contributed by atoms with Crippen molar-refractivity contribution in [2.24, 2.45) is 0 Å². The number of hydrogen-bond acceptors (Lipinski definition) is 1. The molecular formula is C16H11BrF2O. The van der Waals surface area contributed by atoms with Gasteiger partial charge in [0.25, 0.3) is 0 Å². The highest BCUT2D eigenvalue weighted by Crippen LogP contribution is 2.45. The second-order valence-corrected chi connectivity index (χ2v) is 6.44. The lowest BCUT2D eigenvalue weighted by Crippen LogP contribution is -2.26. The quantitative estimate of drug-likeness (QED) is 0.709. The molecule has 4 heteroatoms. The second-order valence-electron chi connectivity index (χ2n) is 5.09. The van der Waals surface area contributed by atoms with Crippen LogP contribution in [0.25, 0.3) is 0 Å². The van der Waals surface area contributed by atoms with E-state index in [1.807, 2.05) is 0 Å². The summed E-state index contributed by atoms with van der Waals surface area (Å²) in [5.74, 6) is -1.02. The molecule has 102 valence electrons. The van der Waals surface area contributed by atoms with Crippen molar-refractivity contribution in [2.45, 2.75) is 17.7 Å². The lowest BCUT2D eigenvalue weighted by molar-refractivity contribution is 0.0960. The molecule has 0 aliphatic heterocycles. The zero-order valence-corrected chi connectivity index (χ0v) is 12.3. The number of fused-ring (bicyclic) bond motifs is 1. The smallest absolute Gasteiger partial charge is 0.184 e. The summed E-state index contributed by atoms with van der Waals surface area (Å²) >= 11 is 3.42. The summed E-state index contributed by atoms with van der Waals surface area (Å²) in [6.07, 6.45) is 0.191. The minimum atomic E-state index is -1.08. The Morgan fingerprint density at radius 3 is 2.60 bits per heavy atom. The molecule has 20 heavy (non-hydrogen) atoms. The van der Waals surface area contributed by atoms with Crippen LogP contribution in [0.3, 0.4) is 0 Å². The fraction of sp³-hybridized carbons (Fsp3) is 0.188. The Labute approximate surface area is 123 Å². The lowest BCUT2D eigenvalue weighted by atomic mass is 9.93. The van der Waals surface area contributed by atoms with Crippen LogP contribution < -0.4 is 0 Å². The fourth-order valence-corrected chi connectivity index (χ4v) is 3.41. The van der Waals surface area contributed by atoms with Gasteiger partial charge in [-0.15, -0.1) is 0 Å². The number of aryl methyl sites for hydroxylation is 1. The molecule has 1 aliphatic rings. The molecule has 0 N–H and O–H groups in total. The van der Waals surface area contributed by atoms with Gasteiger partial charge in [0.1, 0.15) is 16.0 Å². The van der Waals surface area contributed by atoms with Crippen molar-refractivity contribution in [3.63, 3.8) is 0 Å². The second kappa shape index (κ2) is 4.48. The Balaban J connectivity index is 2.16. The molecule has 0 spiro atoms. The van der Waals surface area contributed by atoms with Gasteiger partial charge in [-0.25, -0.2) is 8.78 Å². The van der Waals surface area contributed by atoms with Gasteiger partial charge >= 0.3 is 0 Å². The minimum absolute atomic E-state index is 0.191. The number of hydrogen-bond donors (Lipinski definition) is 0. The fourth-order valence-electron chi connectivity index (χ4n) is 2.69. The topological polar surface area (TPSA) is 17.1 Å². The first kappa shape index (κ1) is 13.4. The van der Waals surface area contributed by atoms with Crippen molar-refractivity contribution >= 4 is 21.7 Å². The van der Waals surface area contributed by atoms with Gasteiger partial charge < -0.3 is 0 Å². The molecule has 0 amide bonds. The van der Waals surface area contributed by atoms with E-state index in [0.29, 0.717) is 16.7 Å². The van der Waals surface area contributed by atoms with Crippen LogP contribution in [0.15, 0.2) is 36.4 Å². The molecule has 0 fully saturated rings. The highest BCUT2D eigenvalue weighted by Gasteiger charge is 2.46. The third kappa shape index (κ3) is 1.90. The van der Waals surface area contributed by atoms with Crippen molar-refractivity contribution in [3.05, 3.63) is 70.3 Å². The standard InChI is InChI=1S/C16H11BrF2O/c1-9-5-10(7-11(18)6-9)16(17)8-13-12(15(16)20)3-2-4-14(13)19/h2-7H,8H2,1H3. The molecule has 1 aliphatic carbocycles. The molecule has 1 unspecified atom stereocenters. The van der Waals surface area contributed by atoms with Crippen molar-refractivity contribution < 1.29 is 13.6 Å². The van der Waals surface area contributed by atoms with E-state index in [1.165, 1.54) is 24.3 Å². The summed E-state index contributed by atoms with van der Waals surface area (Å²) in [5.41, 5.74) is 2.00. The monoisotopic (exact) mass is 336 g/mol. The maximum absolute atomic E-state index is 13.8.